The maximum absolute atomic E-state index is 11.7. The highest BCUT2D eigenvalue weighted by molar-refractivity contribution is 5.79. The summed E-state index contributed by atoms with van der Waals surface area (Å²) in [7, 11) is 1.69. The minimum atomic E-state index is -0.940. The molecule has 0 aliphatic rings. The molecule has 5 heteroatoms. The number of nitrogens with zero attached hydrogens (tertiary/aromatic N) is 1. The van der Waals surface area contributed by atoms with Gasteiger partial charge in [0.25, 0.3) is 0 Å². The van der Waals surface area contributed by atoms with Crippen LogP contribution in [0.25, 0.3) is 0 Å². The van der Waals surface area contributed by atoms with Crippen molar-refractivity contribution in [1.82, 2.24) is 10.2 Å². The molecule has 19 heavy (non-hydrogen) atoms. The summed E-state index contributed by atoms with van der Waals surface area (Å²) in [4.78, 5) is 24.5. The number of nitrogens with one attached hydrogen (secondary N) is 1. The fraction of sp³-hybridized carbons (Fsp3) is 0.429. The lowest BCUT2D eigenvalue weighted by atomic mass is 9.99. The zero-order valence-corrected chi connectivity index (χ0v) is 11.3. The first-order chi connectivity index (χ1) is 9.06. The van der Waals surface area contributed by atoms with Crippen molar-refractivity contribution in [2.45, 2.75) is 19.3 Å². The van der Waals surface area contributed by atoms with Gasteiger partial charge in [0.2, 0.25) is 0 Å². The highest BCUT2D eigenvalue weighted by Crippen LogP contribution is 2.14. The summed E-state index contributed by atoms with van der Waals surface area (Å²) in [6.45, 7) is 2.72. The van der Waals surface area contributed by atoms with Crippen LogP contribution in [0.15, 0.2) is 30.3 Å². The van der Waals surface area contributed by atoms with Crippen LogP contribution in [0.4, 0.5) is 4.79 Å². The van der Waals surface area contributed by atoms with Crippen molar-refractivity contribution in [2.75, 3.05) is 20.1 Å². The minimum Gasteiger partial charge on any atom is -0.481 e. The van der Waals surface area contributed by atoms with Crippen molar-refractivity contribution in [1.29, 1.82) is 0 Å². The van der Waals surface area contributed by atoms with Crippen molar-refractivity contribution >= 4 is 12.0 Å². The molecule has 0 spiro atoms. The molecule has 0 aromatic heterocycles. The number of carbonyl (C=O) groups excluding carboxylic acids is 1. The first-order valence-electron chi connectivity index (χ1n) is 6.33. The molecule has 1 aromatic carbocycles. The number of carboxylic acid groups (broad SMARTS) is 1. The fourth-order valence-electron chi connectivity index (χ4n) is 1.79. The highest BCUT2D eigenvalue weighted by atomic mass is 16.4. The van der Waals surface area contributed by atoms with Crippen molar-refractivity contribution in [3.05, 3.63) is 35.9 Å². The Morgan fingerprint density at radius 1 is 1.32 bits per heavy atom. The van der Waals surface area contributed by atoms with Crippen LogP contribution < -0.4 is 5.32 Å². The van der Waals surface area contributed by atoms with Crippen LogP contribution in [-0.4, -0.2) is 42.1 Å². The third kappa shape index (κ3) is 4.62. The van der Waals surface area contributed by atoms with Crippen LogP contribution >= 0.6 is 0 Å². The molecule has 0 aliphatic carbocycles. The smallest absolute Gasteiger partial charge is 0.317 e. The van der Waals surface area contributed by atoms with E-state index in [0.29, 0.717) is 12.1 Å². The maximum atomic E-state index is 11.7. The van der Waals surface area contributed by atoms with Crippen molar-refractivity contribution in [3.8, 4) is 0 Å². The quantitative estimate of drug-likeness (QED) is 0.824. The van der Waals surface area contributed by atoms with E-state index in [1.807, 2.05) is 13.0 Å². The molecule has 0 fully saturated rings. The average molecular weight is 264 g/mol. The highest BCUT2D eigenvalue weighted by Gasteiger charge is 2.20. The van der Waals surface area contributed by atoms with Gasteiger partial charge in [0.05, 0.1) is 5.92 Å². The number of rotatable bonds is 6. The zero-order valence-electron chi connectivity index (χ0n) is 11.3. The van der Waals surface area contributed by atoms with Gasteiger partial charge in [-0.1, -0.05) is 37.3 Å². The van der Waals surface area contributed by atoms with E-state index < -0.39 is 11.9 Å². The molecule has 1 unspecified atom stereocenters. The molecule has 0 aliphatic heterocycles. The Morgan fingerprint density at radius 3 is 2.47 bits per heavy atom. The number of aliphatic carboxylic acids is 1. The Balaban J connectivity index is 2.61. The molecule has 104 valence electrons. The van der Waals surface area contributed by atoms with E-state index in [4.69, 9.17) is 0 Å². The molecule has 0 radical (unpaired) electrons. The van der Waals surface area contributed by atoms with Gasteiger partial charge in [-0.25, -0.2) is 4.79 Å². The van der Waals surface area contributed by atoms with Gasteiger partial charge >= 0.3 is 12.0 Å². The molecule has 0 heterocycles. The largest absolute Gasteiger partial charge is 0.481 e. The Kier molecular flexibility index (Phi) is 5.85. The zero-order chi connectivity index (χ0) is 14.3. The monoisotopic (exact) mass is 264 g/mol. The summed E-state index contributed by atoms with van der Waals surface area (Å²) in [5, 5.41) is 11.9. The predicted octanol–water partition coefficient (Wildman–Crippen LogP) is 1.91. The predicted molar refractivity (Wildman–Crippen MR) is 73.1 cm³/mol. The Hall–Kier alpha value is -2.04. The van der Waals surface area contributed by atoms with E-state index in [0.717, 1.165) is 6.42 Å². The molecule has 5 nitrogen and oxygen atoms in total. The molecule has 0 saturated carbocycles. The minimum absolute atomic E-state index is 0.0895. The Labute approximate surface area is 113 Å². The van der Waals surface area contributed by atoms with Crippen LogP contribution in [-0.2, 0) is 4.79 Å². The number of benzene rings is 1. The van der Waals surface area contributed by atoms with Crippen LogP contribution in [0.3, 0.4) is 0 Å². The van der Waals surface area contributed by atoms with Gasteiger partial charge in [-0.2, -0.15) is 0 Å². The lowest BCUT2D eigenvalue weighted by molar-refractivity contribution is -0.138. The van der Waals surface area contributed by atoms with Gasteiger partial charge in [-0.05, 0) is 12.0 Å². The molecule has 1 rings (SSSR count). The summed E-state index contributed by atoms with van der Waals surface area (Å²) >= 11 is 0. The molecule has 0 bridgehead atoms. The number of amides is 2. The van der Waals surface area contributed by atoms with Gasteiger partial charge in [0.15, 0.2) is 0 Å². The van der Waals surface area contributed by atoms with Crippen molar-refractivity contribution in [2.24, 2.45) is 0 Å². The van der Waals surface area contributed by atoms with E-state index in [9.17, 15) is 14.7 Å². The van der Waals surface area contributed by atoms with Gasteiger partial charge < -0.3 is 15.3 Å². The second-order valence-electron chi connectivity index (χ2n) is 4.41. The van der Waals surface area contributed by atoms with Crippen LogP contribution in [0.1, 0.15) is 24.8 Å². The van der Waals surface area contributed by atoms with Gasteiger partial charge in [-0.15, -0.1) is 0 Å². The molecule has 1 aromatic rings. The van der Waals surface area contributed by atoms with Gasteiger partial charge in [0, 0.05) is 20.1 Å². The maximum Gasteiger partial charge on any atom is 0.317 e. The van der Waals surface area contributed by atoms with E-state index in [1.54, 1.807) is 36.2 Å². The molecular formula is C14H20N2O3. The van der Waals surface area contributed by atoms with Gasteiger partial charge in [0.1, 0.15) is 0 Å². The van der Waals surface area contributed by atoms with Crippen LogP contribution in [0.5, 0.6) is 0 Å². The van der Waals surface area contributed by atoms with E-state index in [1.165, 1.54) is 0 Å². The SMILES string of the molecule is CCCN(C)C(=O)NCC(C(=O)O)c1ccccc1. The van der Waals surface area contributed by atoms with Crippen LogP contribution in [0.2, 0.25) is 0 Å². The van der Waals surface area contributed by atoms with Gasteiger partial charge in [-0.3, -0.25) is 4.79 Å². The molecule has 2 amide bonds. The third-order valence-corrected chi connectivity index (χ3v) is 2.86. The summed E-state index contributed by atoms with van der Waals surface area (Å²) in [5.41, 5.74) is 0.688. The number of hydrogen-bond donors (Lipinski definition) is 2. The Bertz CT molecular complexity index is 420. The first-order valence-corrected chi connectivity index (χ1v) is 6.33. The molecule has 2 N–H and O–H groups in total. The average Bonchev–Trinajstić information content (AvgIpc) is 2.39. The normalized spacial score (nSPS) is 11.7. The van der Waals surface area contributed by atoms with E-state index in [2.05, 4.69) is 5.32 Å². The number of carbonyl (C=O) groups is 2. The van der Waals surface area contributed by atoms with E-state index in [-0.39, 0.29) is 12.6 Å². The van der Waals surface area contributed by atoms with Crippen molar-refractivity contribution in [3.63, 3.8) is 0 Å². The molecule has 1 atom stereocenters. The molecular weight excluding hydrogens is 244 g/mol. The first kappa shape index (κ1) is 15.0. The summed E-state index contributed by atoms with van der Waals surface area (Å²) in [6, 6.07) is 8.66. The van der Waals surface area contributed by atoms with E-state index >= 15 is 0 Å². The second-order valence-corrected chi connectivity index (χ2v) is 4.41. The number of urea groups is 1. The lowest BCUT2D eigenvalue weighted by Gasteiger charge is -2.19. The third-order valence-electron chi connectivity index (χ3n) is 2.86. The summed E-state index contributed by atoms with van der Waals surface area (Å²) in [6.07, 6.45) is 0.866. The topological polar surface area (TPSA) is 69.6 Å². The second kappa shape index (κ2) is 7.41. The molecule has 0 saturated heterocycles. The Morgan fingerprint density at radius 2 is 1.95 bits per heavy atom. The standard InChI is InChI=1S/C14H20N2O3/c1-3-9-16(2)14(19)15-10-12(13(17)18)11-7-5-4-6-8-11/h4-8,12H,3,9-10H2,1-2H3,(H,15,19)(H,17,18). The number of carboxylic acids is 1. The summed E-state index contributed by atoms with van der Waals surface area (Å²) < 4.78 is 0. The number of hydrogen-bond acceptors (Lipinski definition) is 2. The lowest BCUT2D eigenvalue weighted by Crippen LogP contribution is -2.40. The van der Waals surface area contributed by atoms with Crippen molar-refractivity contribution < 1.29 is 14.7 Å². The fourth-order valence-corrected chi connectivity index (χ4v) is 1.79. The summed E-state index contributed by atoms with van der Waals surface area (Å²) in [5.74, 6) is -1.66. The van der Waals surface area contributed by atoms with Crippen LogP contribution in [0, 0.1) is 0 Å².